The highest BCUT2D eigenvalue weighted by Crippen LogP contribution is 2.35. The lowest BCUT2D eigenvalue weighted by Gasteiger charge is -2.44. The number of nitrogens with one attached hydrogen (secondary N) is 1. The van der Waals surface area contributed by atoms with E-state index < -0.39 is 29.4 Å². The number of hydrogen-bond donors (Lipinski definition) is 2. The van der Waals surface area contributed by atoms with Crippen molar-refractivity contribution in [1.82, 2.24) is 10.2 Å². The fourth-order valence-electron chi connectivity index (χ4n) is 2.99. The molecule has 0 radical (unpaired) electrons. The van der Waals surface area contributed by atoms with E-state index in [2.05, 4.69) is 5.32 Å². The van der Waals surface area contributed by atoms with Crippen molar-refractivity contribution in [3.8, 4) is 0 Å². The second kappa shape index (κ2) is 4.62. The zero-order valence-corrected chi connectivity index (χ0v) is 12.8. The summed E-state index contributed by atoms with van der Waals surface area (Å²) >= 11 is 0. The van der Waals surface area contributed by atoms with Gasteiger partial charge in [0, 0.05) is 0 Å². The molecule has 0 saturated carbocycles. The van der Waals surface area contributed by atoms with E-state index in [1.54, 1.807) is 34.6 Å². The number of fused-ring (bicyclic) bond motifs is 2. The molecule has 0 unspecified atom stereocenters. The topological polar surface area (TPSA) is 78.9 Å². The lowest BCUT2D eigenvalue weighted by atomic mass is 9.90. The maximum atomic E-state index is 12.3. The van der Waals surface area contributed by atoms with Crippen molar-refractivity contribution in [1.29, 1.82) is 0 Å². The summed E-state index contributed by atoms with van der Waals surface area (Å²) in [6.45, 7) is 8.67. The van der Waals surface area contributed by atoms with Crippen molar-refractivity contribution in [2.45, 2.75) is 76.8 Å². The summed E-state index contributed by atoms with van der Waals surface area (Å²) in [7, 11) is 0. The summed E-state index contributed by atoms with van der Waals surface area (Å²) in [6, 6.07) is -1.16. The molecule has 2 N–H and O–H groups in total. The molecule has 0 aromatic heterocycles. The second-order valence-corrected chi connectivity index (χ2v) is 7.19. The summed E-state index contributed by atoms with van der Waals surface area (Å²) < 4.78 is 5.39. The molecule has 3 atom stereocenters. The Morgan fingerprint density at radius 1 is 1.30 bits per heavy atom. The van der Waals surface area contributed by atoms with Crippen LogP contribution < -0.4 is 5.32 Å². The van der Waals surface area contributed by atoms with E-state index >= 15 is 0 Å². The zero-order valence-electron chi connectivity index (χ0n) is 12.8. The molecule has 2 amide bonds. The van der Waals surface area contributed by atoms with E-state index in [9.17, 15) is 14.7 Å². The van der Waals surface area contributed by atoms with Gasteiger partial charge in [-0.25, -0.2) is 4.79 Å². The molecule has 2 aliphatic heterocycles. The molecule has 2 heterocycles. The number of amides is 2. The Morgan fingerprint density at radius 3 is 2.40 bits per heavy atom. The Labute approximate surface area is 119 Å². The van der Waals surface area contributed by atoms with Crippen molar-refractivity contribution >= 4 is 12.0 Å². The Bertz CT molecular complexity index is 422. The Hall–Kier alpha value is -1.30. The normalized spacial score (nSPS) is 30.2. The summed E-state index contributed by atoms with van der Waals surface area (Å²) in [5.41, 5.74) is -1.69. The fourth-order valence-corrected chi connectivity index (χ4v) is 2.99. The molecule has 2 fully saturated rings. The van der Waals surface area contributed by atoms with Crippen LogP contribution in [0.4, 0.5) is 4.79 Å². The zero-order chi connectivity index (χ0) is 15.3. The van der Waals surface area contributed by atoms with Crippen LogP contribution in [0.2, 0.25) is 0 Å². The Morgan fingerprint density at radius 2 is 1.90 bits per heavy atom. The minimum Gasteiger partial charge on any atom is -0.444 e. The van der Waals surface area contributed by atoms with Gasteiger partial charge in [-0.3, -0.25) is 9.69 Å². The highest BCUT2D eigenvalue weighted by molar-refractivity contribution is 5.88. The fraction of sp³-hybridized carbons (Fsp3) is 0.857. The number of nitrogens with zero attached hydrogens (tertiary/aromatic N) is 1. The minimum absolute atomic E-state index is 0.211. The maximum absolute atomic E-state index is 12.3. The molecular formula is C14H24N2O4. The molecule has 0 aromatic carbocycles. The van der Waals surface area contributed by atoms with Gasteiger partial charge < -0.3 is 15.2 Å². The van der Waals surface area contributed by atoms with Gasteiger partial charge in [-0.05, 0) is 47.5 Å². The molecule has 6 nitrogen and oxygen atoms in total. The predicted molar refractivity (Wildman–Crippen MR) is 73.1 cm³/mol. The van der Waals surface area contributed by atoms with Crippen LogP contribution in [-0.4, -0.2) is 51.3 Å². The van der Waals surface area contributed by atoms with E-state index in [0.717, 1.165) is 0 Å². The lowest BCUT2D eigenvalue weighted by Crippen LogP contribution is -2.68. The number of aliphatic hydroxyl groups is 1. The van der Waals surface area contributed by atoms with E-state index in [0.29, 0.717) is 12.8 Å². The molecule has 6 heteroatoms. The highest BCUT2D eigenvalue weighted by Gasteiger charge is 2.53. The number of piperazine rings is 1. The molecule has 2 rings (SSSR count). The summed E-state index contributed by atoms with van der Waals surface area (Å²) in [5.74, 6) is -0.211. The first kappa shape index (κ1) is 15.1. The van der Waals surface area contributed by atoms with Crippen LogP contribution >= 0.6 is 0 Å². The van der Waals surface area contributed by atoms with Gasteiger partial charge in [0.15, 0.2) is 0 Å². The van der Waals surface area contributed by atoms with E-state index in [1.165, 1.54) is 4.90 Å². The number of carbonyl (C=O) groups is 2. The average molecular weight is 284 g/mol. The highest BCUT2D eigenvalue weighted by atomic mass is 16.6. The largest absolute Gasteiger partial charge is 0.444 e. The number of ether oxygens (including phenoxy) is 1. The SMILES string of the molecule is CC(C)(C)OC(=O)N1[C@@H]2CC[C@H]1C(=O)N[C@@H]2C(C)(C)O. The first-order valence-corrected chi connectivity index (χ1v) is 7.05. The van der Waals surface area contributed by atoms with Crippen LogP contribution in [0.25, 0.3) is 0 Å². The second-order valence-electron chi connectivity index (χ2n) is 7.19. The van der Waals surface area contributed by atoms with Crippen molar-refractivity contribution < 1.29 is 19.4 Å². The Kier molecular flexibility index (Phi) is 3.48. The van der Waals surface area contributed by atoms with Crippen molar-refractivity contribution in [3.63, 3.8) is 0 Å². The Balaban J connectivity index is 2.25. The molecular weight excluding hydrogens is 260 g/mol. The standard InChI is InChI=1S/C14H24N2O4/c1-13(2,3)20-12(18)16-8-6-7-9(16)11(17)15-10(8)14(4,5)19/h8-10,19H,6-7H2,1-5H3,(H,15,17)/t8-,9+,10+/m1/s1. The lowest BCUT2D eigenvalue weighted by molar-refractivity contribution is -0.134. The first-order chi connectivity index (χ1) is 9.00. The van der Waals surface area contributed by atoms with Gasteiger partial charge in [0.2, 0.25) is 5.91 Å². The minimum atomic E-state index is -1.09. The number of hydrogen-bond acceptors (Lipinski definition) is 4. The third-order valence-electron chi connectivity index (χ3n) is 3.78. The molecule has 2 bridgehead atoms. The van der Waals surface area contributed by atoms with Crippen LogP contribution in [0.15, 0.2) is 0 Å². The van der Waals surface area contributed by atoms with Gasteiger partial charge in [0.05, 0.1) is 17.7 Å². The molecule has 0 aromatic rings. The van der Waals surface area contributed by atoms with Crippen LogP contribution in [0.1, 0.15) is 47.5 Å². The number of carbonyl (C=O) groups excluding carboxylic acids is 2. The third kappa shape index (κ3) is 2.75. The molecule has 20 heavy (non-hydrogen) atoms. The smallest absolute Gasteiger partial charge is 0.411 e. The van der Waals surface area contributed by atoms with Gasteiger partial charge in [0.1, 0.15) is 11.6 Å². The van der Waals surface area contributed by atoms with Gasteiger partial charge in [-0.15, -0.1) is 0 Å². The molecule has 114 valence electrons. The van der Waals surface area contributed by atoms with Gasteiger partial charge in [0.25, 0.3) is 0 Å². The van der Waals surface area contributed by atoms with Crippen LogP contribution in [0, 0.1) is 0 Å². The molecule has 0 spiro atoms. The summed E-state index contributed by atoms with van der Waals surface area (Å²) in [6.07, 6.45) is 0.828. The predicted octanol–water partition coefficient (Wildman–Crippen LogP) is 1.02. The maximum Gasteiger partial charge on any atom is 0.411 e. The quantitative estimate of drug-likeness (QED) is 0.753. The van der Waals surface area contributed by atoms with Crippen molar-refractivity contribution in [3.05, 3.63) is 0 Å². The van der Waals surface area contributed by atoms with Gasteiger partial charge in [-0.1, -0.05) is 0 Å². The van der Waals surface area contributed by atoms with Gasteiger partial charge >= 0.3 is 6.09 Å². The molecule has 2 saturated heterocycles. The van der Waals surface area contributed by atoms with E-state index in [-0.39, 0.29) is 11.9 Å². The van der Waals surface area contributed by atoms with Crippen molar-refractivity contribution in [2.75, 3.05) is 0 Å². The first-order valence-electron chi connectivity index (χ1n) is 7.05. The number of rotatable bonds is 1. The van der Waals surface area contributed by atoms with E-state index in [4.69, 9.17) is 4.74 Å². The van der Waals surface area contributed by atoms with Crippen LogP contribution in [-0.2, 0) is 9.53 Å². The van der Waals surface area contributed by atoms with E-state index in [1.807, 2.05) is 0 Å². The van der Waals surface area contributed by atoms with Crippen molar-refractivity contribution in [2.24, 2.45) is 0 Å². The third-order valence-corrected chi connectivity index (χ3v) is 3.78. The average Bonchev–Trinajstić information content (AvgIpc) is 2.58. The monoisotopic (exact) mass is 284 g/mol. The molecule has 0 aliphatic carbocycles. The van der Waals surface area contributed by atoms with Crippen LogP contribution in [0.5, 0.6) is 0 Å². The molecule has 2 aliphatic rings. The van der Waals surface area contributed by atoms with Gasteiger partial charge in [-0.2, -0.15) is 0 Å². The summed E-state index contributed by atoms with van der Waals surface area (Å²) in [4.78, 5) is 26.0. The summed E-state index contributed by atoms with van der Waals surface area (Å²) in [5, 5.41) is 13.0. The van der Waals surface area contributed by atoms with Crippen LogP contribution in [0.3, 0.4) is 0 Å².